The molecule has 34 heavy (non-hydrogen) atoms. The van der Waals surface area contributed by atoms with Crippen molar-refractivity contribution >= 4 is 15.9 Å². The van der Waals surface area contributed by atoms with Crippen LogP contribution in [0.4, 0.5) is 0 Å². The SMILES string of the molecule is COCCNC(=O)c1cccc(C2Oc3cccc(OC)c3-c3ccc(CS(N)(=O)=O)cc32)c1. The summed E-state index contributed by atoms with van der Waals surface area (Å²) in [5, 5.41) is 8.10. The molecule has 3 aromatic rings. The van der Waals surface area contributed by atoms with E-state index in [-0.39, 0.29) is 11.7 Å². The van der Waals surface area contributed by atoms with Crippen LogP contribution in [0.15, 0.2) is 60.7 Å². The van der Waals surface area contributed by atoms with E-state index in [9.17, 15) is 13.2 Å². The van der Waals surface area contributed by atoms with E-state index < -0.39 is 16.1 Å². The average Bonchev–Trinajstić information content (AvgIpc) is 2.82. The van der Waals surface area contributed by atoms with E-state index >= 15 is 0 Å². The molecule has 178 valence electrons. The van der Waals surface area contributed by atoms with Gasteiger partial charge in [0.15, 0.2) is 0 Å². The summed E-state index contributed by atoms with van der Waals surface area (Å²) >= 11 is 0. The molecule has 0 fully saturated rings. The van der Waals surface area contributed by atoms with Crippen LogP contribution in [0, 0.1) is 0 Å². The zero-order chi connectivity index (χ0) is 24.3. The standard InChI is InChI=1S/C25H26N2O6S/c1-31-12-11-27-25(28)18-6-3-5-17(14-18)24-20-13-16(15-34(26,29)30)9-10-19(20)23-21(32-2)7-4-8-22(23)33-24/h3-10,13-14,24H,11-12,15H2,1-2H3,(H,27,28)(H2,26,29,30). The zero-order valence-corrected chi connectivity index (χ0v) is 19.7. The van der Waals surface area contributed by atoms with E-state index in [0.29, 0.717) is 35.8 Å². The smallest absolute Gasteiger partial charge is 0.251 e. The highest BCUT2D eigenvalue weighted by Crippen LogP contribution is 2.49. The van der Waals surface area contributed by atoms with Gasteiger partial charge in [-0.2, -0.15) is 0 Å². The lowest BCUT2D eigenvalue weighted by molar-refractivity contribution is 0.0937. The van der Waals surface area contributed by atoms with Crippen molar-refractivity contribution in [2.24, 2.45) is 5.14 Å². The van der Waals surface area contributed by atoms with Crippen LogP contribution in [-0.2, 0) is 20.5 Å². The molecule has 4 rings (SSSR count). The summed E-state index contributed by atoms with van der Waals surface area (Å²) in [6.07, 6.45) is -0.568. The van der Waals surface area contributed by atoms with Gasteiger partial charge in [-0.15, -0.1) is 0 Å². The molecule has 0 spiro atoms. The van der Waals surface area contributed by atoms with Crippen LogP contribution in [0.3, 0.4) is 0 Å². The Kier molecular flexibility index (Phi) is 6.87. The fourth-order valence-electron chi connectivity index (χ4n) is 4.07. The van der Waals surface area contributed by atoms with Crippen LogP contribution in [0.25, 0.3) is 11.1 Å². The summed E-state index contributed by atoms with van der Waals surface area (Å²) in [7, 11) is -0.560. The zero-order valence-electron chi connectivity index (χ0n) is 18.9. The molecule has 0 bridgehead atoms. The average molecular weight is 483 g/mol. The highest BCUT2D eigenvalue weighted by atomic mass is 32.2. The number of nitrogens with two attached hydrogens (primary N) is 1. The lowest BCUT2D eigenvalue weighted by Gasteiger charge is -2.30. The van der Waals surface area contributed by atoms with E-state index in [0.717, 1.165) is 22.3 Å². The number of primary sulfonamides is 1. The van der Waals surface area contributed by atoms with Gasteiger partial charge in [-0.1, -0.05) is 36.4 Å². The molecule has 1 heterocycles. The highest BCUT2D eigenvalue weighted by Gasteiger charge is 2.30. The molecule has 9 heteroatoms. The lowest BCUT2D eigenvalue weighted by atomic mass is 9.87. The number of carbonyl (C=O) groups is 1. The van der Waals surface area contributed by atoms with E-state index in [1.54, 1.807) is 44.6 Å². The summed E-state index contributed by atoms with van der Waals surface area (Å²) in [6, 6.07) is 18.1. The predicted octanol–water partition coefficient (Wildman–Crippen LogP) is 3.01. The van der Waals surface area contributed by atoms with Crippen LogP contribution in [0.1, 0.15) is 33.2 Å². The topological polar surface area (TPSA) is 117 Å². The number of nitrogens with one attached hydrogen (secondary N) is 1. The van der Waals surface area contributed by atoms with Crippen LogP contribution in [0.2, 0.25) is 0 Å². The predicted molar refractivity (Wildman–Crippen MR) is 128 cm³/mol. The molecule has 0 radical (unpaired) electrons. The van der Waals surface area contributed by atoms with Crippen molar-refractivity contribution in [3.05, 3.63) is 82.9 Å². The van der Waals surface area contributed by atoms with Gasteiger partial charge in [-0.3, -0.25) is 4.79 Å². The molecule has 1 atom stereocenters. The number of rotatable bonds is 8. The maximum Gasteiger partial charge on any atom is 0.251 e. The number of amides is 1. The van der Waals surface area contributed by atoms with Gasteiger partial charge in [0.1, 0.15) is 17.6 Å². The number of methoxy groups -OCH3 is 2. The third-order valence-corrected chi connectivity index (χ3v) is 6.27. The molecule has 1 unspecified atom stereocenters. The monoisotopic (exact) mass is 482 g/mol. The Bertz CT molecular complexity index is 1320. The molecular formula is C25H26N2O6S. The fourth-order valence-corrected chi connectivity index (χ4v) is 4.72. The highest BCUT2D eigenvalue weighted by molar-refractivity contribution is 7.88. The summed E-state index contributed by atoms with van der Waals surface area (Å²) < 4.78 is 40.4. The summed E-state index contributed by atoms with van der Waals surface area (Å²) in [4.78, 5) is 12.6. The number of hydrogen-bond acceptors (Lipinski definition) is 6. The summed E-state index contributed by atoms with van der Waals surface area (Å²) in [5.74, 6) is 0.752. The first kappa shape index (κ1) is 23.7. The molecule has 0 saturated heterocycles. The minimum absolute atomic E-state index is 0.222. The molecule has 1 aliphatic heterocycles. The van der Waals surface area contributed by atoms with Crippen molar-refractivity contribution in [1.82, 2.24) is 5.32 Å². The van der Waals surface area contributed by atoms with E-state index in [2.05, 4.69) is 5.32 Å². The molecule has 8 nitrogen and oxygen atoms in total. The van der Waals surface area contributed by atoms with Gasteiger partial charge < -0.3 is 19.5 Å². The first-order chi connectivity index (χ1) is 16.3. The van der Waals surface area contributed by atoms with Gasteiger partial charge in [-0.25, -0.2) is 13.6 Å². The van der Waals surface area contributed by atoms with Crippen molar-refractivity contribution in [3.63, 3.8) is 0 Å². The molecule has 1 amide bonds. The molecule has 0 aromatic heterocycles. The molecule has 1 aliphatic rings. The first-order valence-corrected chi connectivity index (χ1v) is 12.4. The maximum atomic E-state index is 12.6. The normalized spacial score (nSPS) is 14.5. The van der Waals surface area contributed by atoms with Crippen molar-refractivity contribution in [3.8, 4) is 22.6 Å². The van der Waals surface area contributed by atoms with Crippen LogP contribution in [-0.4, -0.2) is 41.7 Å². The van der Waals surface area contributed by atoms with Crippen molar-refractivity contribution in [1.29, 1.82) is 0 Å². The van der Waals surface area contributed by atoms with Gasteiger partial charge >= 0.3 is 0 Å². The van der Waals surface area contributed by atoms with Gasteiger partial charge in [0.25, 0.3) is 5.91 Å². The number of benzene rings is 3. The molecule has 0 aliphatic carbocycles. The molecule has 3 aromatic carbocycles. The van der Waals surface area contributed by atoms with Gasteiger partial charge in [0.05, 0.1) is 25.0 Å². The van der Waals surface area contributed by atoms with Crippen LogP contribution >= 0.6 is 0 Å². The second-order valence-corrected chi connectivity index (χ2v) is 9.55. The second kappa shape index (κ2) is 9.84. The molecule has 3 N–H and O–H groups in total. The third kappa shape index (κ3) is 5.06. The second-order valence-electron chi connectivity index (χ2n) is 7.93. The minimum Gasteiger partial charge on any atom is -0.496 e. The van der Waals surface area contributed by atoms with Crippen molar-refractivity contribution < 1.29 is 27.4 Å². The minimum atomic E-state index is -3.72. The van der Waals surface area contributed by atoms with E-state index in [4.69, 9.17) is 19.3 Å². The van der Waals surface area contributed by atoms with Gasteiger partial charge in [0.2, 0.25) is 10.0 Å². The Morgan fingerprint density at radius 2 is 1.88 bits per heavy atom. The number of hydrogen-bond donors (Lipinski definition) is 2. The van der Waals surface area contributed by atoms with Gasteiger partial charge in [0, 0.05) is 24.8 Å². The number of ether oxygens (including phenoxy) is 3. The Hall–Kier alpha value is -3.40. The Labute approximate surface area is 198 Å². The number of carbonyl (C=O) groups excluding carboxylic acids is 1. The Morgan fingerprint density at radius 3 is 2.62 bits per heavy atom. The van der Waals surface area contributed by atoms with Crippen molar-refractivity contribution in [2.75, 3.05) is 27.4 Å². The third-order valence-electron chi connectivity index (χ3n) is 5.53. The molecule has 0 saturated carbocycles. The molecular weight excluding hydrogens is 456 g/mol. The Balaban J connectivity index is 1.80. The van der Waals surface area contributed by atoms with Crippen LogP contribution < -0.4 is 19.9 Å². The summed E-state index contributed by atoms with van der Waals surface area (Å²) in [5.41, 5.74) is 4.18. The van der Waals surface area contributed by atoms with Crippen molar-refractivity contribution in [2.45, 2.75) is 11.9 Å². The van der Waals surface area contributed by atoms with Crippen LogP contribution in [0.5, 0.6) is 11.5 Å². The first-order valence-electron chi connectivity index (χ1n) is 10.6. The number of sulfonamides is 1. The van der Waals surface area contributed by atoms with E-state index in [1.165, 1.54) is 0 Å². The van der Waals surface area contributed by atoms with Gasteiger partial charge in [-0.05, 0) is 41.0 Å². The number of fused-ring (bicyclic) bond motifs is 3. The van der Waals surface area contributed by atoms with E-state index in [1.807, 2.05) is 30.3 Å². The quantitative estimate of drug-likeness (QED) is 0.477. The Morgan fingerprint density at radius 1 is 1.09 bits per heavy atom. The largest absolute Gasteiger partial charge is 0.496 e. The lowest BCUT2D eigenvalue weighted by Crippen LogP contribution is -2.27. The summed E-state index contributed by atoms with van der Waals surface area (Å²) in [6.45, 7) is 0.808. The fraction of sp³-hybridized carbons (Fsp3) is 0.240. The maximum absolute atomic E-state index is 12.6.